The van der Waals surface area contributed by atoms with Gasteiger partial charge in [0.1, 0.15) is 6.10 Å². The van der Waals surface area contributed by atoms with E-state index in [-0.39, 0.29) is 6.42 Å². The first-order valence-electron chi connectivity index (χ1n) is 11.1. The predicted molar refractivity (Wildman–Crippen MR) is 103 cm³/mol. The van der Waals surface area contributed by atoms with Crippen LogP contribution < -0.4 is 0 Å². The molecular weight excluding hydrogens is 544 g/mol. The second kappa shape index (κ2) is 10.3. The fraction of sp³-hybridized carbons (Fsp3) is 0.952. The molecule has 0 amide bonds. The van der Waals surface area contributed by atoms with Crippen LogP contribution in [0.25, 0.3) is 0 Å². The highest BCUT2D eigenvalue weighted by atomic mass is 19.4. The molecule has 0 radical (unpaired) electrons. The molecule has 0 bridgehead atoms. The lowest BCUT2D eigenvalue weighted by Gasteiger charge is -2.48. The molecule has 1 aliphatic rings. The molecule has 0 saturated heterocycles. The summed E-state index contributed by atoms with van der Waals surface area (Å²) in [4.78, 5) is 12.8. The van der Waals surface area contributed by atoms with Crippen LogP contribution in [0.1, 0.15) is 59.8 Å². The summed E-state index contributed by atoms with van der Waals surface area (Å²) in [5.41, 5.74) is -13.0. The van der Waals surface area contributed by atoms with E-state index >= 15 is 0 Å². The molecule has 0 aromatic heterocycles. The number of carbonyl (C=O) groups is 1. The molecule has 16 heteroatoms. The van der Waals surface area contributed by atoms with E-state index in [0.29, 0.717) is 6.42 Å². The van der Waals surface area contributed by atoms with E-state index in [2.05, 4.69) is 0 Å². The van der Waals surface area contributed by atoms with Gasteiger partial charge in [-0.05, 0) is 38.5 Å². The van der Waals surface area contributed by atoms with Crippen molar-refractivity contribution in [3.63, 3.8) is 0 Å². The van der Waals surface area contributed by atoms with Crippen molar-refractivity contribution in [2.75, 3.05) is 0 Å². The lowest BCUT2D eigenvalue weighted by Crippen LogP contribution is -2.67. The van der Waals surface area contributed by atoms with Crippen LogP contribution >= 0.6 is 0 Å². The summed E-state index contributed by atoms with van der Waals surface area (Å²) >= 11 is 0. The normalized spacial score (nSPS) is 24.7. The Kier molecular flexibility index (Phi) is 9.32. The summed E-state index contributed by atoms with van der Waals surface area (Å²) in [6, 6.07) is 0. The molecule has 0 aromatic carbocycles. The minimum atomic E-state index is -6.59. The quantitative estimate of drug-likeness (QED) is 0.271. The number of carbonyl (C=O) groups excluding carboxylic acids is 1. The van der Waals surface area contributed by atoms with Gasteiger partial charge in [0.25, 0.3) is 11.2 Å². The van der Waals surface area contributed by atoms with Crippen molar-refractivity contribution in [1.82, 2.24) is 0 Å². The highest BCUT2D eigenvalue weighted by molar-refractivity contribution is 5.76. The maximum Gasteiger partial charge on any atom is 0.426 e. The zero-order valence-electron chi connectivity index (χ0n) is 20.1. The molecule has 220 valence electrons. The van der Waals surface area contributed by atoms with Crippen molar-refractivity contribution in [2.24, 2.45) is 23.2 Å². The second-order valence-electron chi connectivity index (χ2n) is 9.97. The van der Waals surface area contributed by atoms with Gasteiger partial charge in [0.2, 0.25) is 0 Å². The number of aliphatic hydroxyl groups is 2. The number of halogens is 12. The number of ether oxygens (including phenoxy) is 1. The van der Waals surface area contributed by atoms with Gasteiger partial charge in [0.15, 0.2) is 0 Å². The Labute approximate surface area is 204 Å². The maximum atomic E-state index is 13.5. The molecule has 37 heavy (non-hydrogen) atoms. The summed E-state index contributed by atoms with van der Waals surface area (Å²) in [6.45, 7) is 5.92. The fourth-order valence-electron chi connectivity index (χ4n) is 4.72. The molecule has 0 spiro atoms. The lowest BCUT2D eigenvalue weighted by atomic mass is 9.65. The average molecular weight is 572 g/mol. The Morgan fingerprint density at radius 3 is 1.32 bits per heavy atom. The zero-order valence-corrected chi connectivity index (χ0v) is 20.1. The monoisotopic (exact) mass is 572 g/mol. The van der Waals surface area contributed by atoms with Crippen LogP contribution in [0, 0.1) is 23.2 Å². The van der Waals surface area contributed by atoms with E-state index < -0.39 is 90.4 Å². The molecule has 1 rings (SSSR count). The zero-order chi connectivity index (χ0) is 29.6. The minimum absolute atomic E-state index is 0.0627. The molecule has 3 atom stereocenters. The first kappa shape index (κ1) is 33.6. The molecule has 3 unspecified atom stereocenters. The van der Waals surface area contributed by atoms with Gasteiger partial charge in [-0.3, -0.25) is 4.79 Å². The van der Waals surface area contributed by atoms with Crippen molar-refractivity contribution in [2.45, 2.75) is 102 Å². The molecule has 0 heterocycles. The van der Waals surface area contributed by atoms with E-state index in [9.17, 15) is 67.7 Å². The smallest absolute Gasteiger partial charge is 0.426 e. The number of alkyl halides is 12. The number of hydrogen-bond donors (Lipinski definition) is 2. The van der Waals surface area contributed by atoms with Gasteiger partial charge in [-0.15, -0.1) is 0 Å². The van der Waals surface area contributed by atoms with Crippen molar-refractivity contribution in [1.29, 1.82) is 0 Å². The summed E-state index contributed by atoms with van der Waals surface area (Å²) in [5, 5.41) is 19.5. The third kappa shape index (κ3) is 5.93. The SMILES string of the molecule is CCCC(C)(C(=O)OC1CC(C(O)(C(F)(F)F)C(F)(F)F)CC(C(O)(C(F)(F)F)C(F)(F)F)C1)C(C)C. The predicted octanol–water partition coefficient (Wildman–Crippen LogP) is 6.49. The van der Waals surface area contributed by atoms with Crippen LogP contribution in [0.5, 0.6) is 0 Å². The van der Waals surface area contributed by atoms with Gasteiger partial charge < -0.3 is 14.9 Å². The van der Waals surface area contributed by atoms with Crippen LogP contribution in [-0.2, 0) is 9.53 Å². The Hall–Kier alpha value is -1.45. The Morgan fingerprint density at radius 2 is 1.08 bits per heavy atom. The van der Waals surface area contributed by atoms with E-state index in [0.717, 1.165) is 0 Å². The lowest BCUT2D eigenvalue weighted by molar-refractivity contribution is -0.405. The second-order valence-corrected chi connectivity index (χ2v) is 9.97. The first-order chi connectivity index (χ1) is 16.2. The molecule has 1 fully saturated rings. The molecule has 0 aromatic rings. The van der Waals surface area contributed by atoms with E-state index in [1.165, 1.54) is 20.8 Å². The van der Waals surface area contributed by atoms with Gasteiger partial charge in [-0.25, -0.2) is 0 Å². The molecule has 4 nitrogen and oxygen atoms in total. The average Bonchev–Trinajstić information content (AvgIpc) is 2.68. The Bertz CT molecular complexity index is 725. The van der Waals surface area contributed by atoms with Gasteiger partial charge in [-0.1, -0.05) is 27.2 Å². The van der Waals surface area contributed by atoms with Crippen LogP contribution in [-0.4, -0.2) is 58.2 Å². The topological polar surface area (TPSA) is 66.8 Å². The Balaban J connectivity index is 3.72. The van der Waals surface area contributed by atoms with Gasteiger partial charge in [0.05, 0.1) is 5.41 Å². The van der Waals surface area contributed by atoms with Gasteiger partial charge in [-0.2, -0.15) is 52.7 Å². The molecule has 1 saturated carbocycles. The summed E-state index contributed by atoms with van der Waals surface area (Å²) < 4.78 is 167. The largest absolute Gasteiger partial charge is 0.462 e. The van der Waals surface area contributed by atoms with E-state index in [4.69, 9.17) is 4.74 Å². The van der Waals surface area contributed by atoms with Crippen molar-refractivity contribution in [3.05, 3.63) is 0 Å². The van der Waals surface area contributed by atoms with Crippen molar-refractivity contribution in [3.8, 4) is 0 Å². The molecular formula is C21H28F12O4. The van der Waals surface area contributed by atoms with Crippen LogP contribution in [0.4, 0.5) is 52.7 Å². The summed E-state index contributed by atoms with van der Waals surface area (Å²) in [5.74, 6) is -8.58. The van der Waals surface area contributed by atoms with Crippen molar-refractivity contribution < 1.29 is 72.4 Å². The third-order valence-electron chi connectivity index (χ3n) is 7.36. The minimum Gasteiger partial charge on any atom is -0.462 e. The molecule has 1 aliphatic carbocycles. The number of hydrogen-bond acceptors (Lipinski definition) is 4. The third-order valence-corrected chi connectivity index (χ3v) is 7.36. The van der Waals surface area contributed by atoms with Crippen molar-refractivity contribution >= 4 is 5.97 Å². The summed E-state index contributed by atoms with van der Waals surface area (Å²) in [7, 11) is 0. The standard InChI is InChI=1S/C21H28F12O4/c1-5-6-15(4,10(2)3)14(34)37-13-8-11(16(35,18(22,23)24)19(25,26)27)7-12(9-13)17(36,20(28,29)30)21(31,32)33/h10-13,35-36H,5-9H2,1-4H3. The van der Waals surface area contributed by atoms with Crippen LogP contribution in [0.2, 0.25) is 0 Å². The summed E-state index contributed by atoms with van der Waals surface area (Å²) in [6.07, 6.45) is -33.6. The van der Waals surface area contributed by atoms with Gasteiger partial charge in [0, 0.05) is 11.8 Å². The first-order valence-corrected chi connectivity index (χ1v) is 11.1. The maximum absolute atomic E-state index is 13.5. The fourth-order valence-corrected chi connectivity index (χ4v) is 4.72. The van der Waals surface area contributed by atoms with Gasteiger partial charge >= 0.3 is 30.7 Å². The highest BCUT2D eigenvalue weighted by Gasteiger charge is 2.78. The van der Waals surface area contributed by atoms with Crippen LogP contribution in [0.3, 0.4) is 0 Å². The van der Waals surface area contributed by atoms with E-state index in [1.807, 2.05) is 0 Å². The Morgan fingerprint density at radius 1 is 0.757 bits per heavy atom. The van der Waals surface area contributed by atoms with Crippen LogP contribution in [0.15, 0.2) is 0 Å². The molecule has 2 N–H and O–H groups in total. The highest BCUT2D eigenvalue weighted by Crippen LogP contribution is 2.58. The molecule has 0 aliphatic heterocycles. The number of esters is 1. The van der Waals surface area contributed by atoms with E-state index in [1.54, 1.807) is 6.92 Å². The number of rotatable bonds is 7.